The molecule has 7 nitrogen and oxygen atoms in total. The molecule has 3 aromatic carbocycles. The van der Waals surface area contributed by atoms with Crippen LogP contribution in [0.15, 0.2) is 106 Å². The van der Waals surface area contributed by atoms with E-state index in [9.17, 15) is 9.59 Å². The Labute approximate surface area is 252 Å². The molecule has 0 fully saturated rings. The largest absolute Gasteiger partial charge is 0.493 e. The molecule has 1 aromatic heterocycles. The lowest BCUT2D eigenvalue weighted by molar-refractivity contribution is -0.138. The third kappa shape index (κ3) is 5.84. The minimum absolute atomic E-state index is 0.196. The Hall–Kier alpha value is -4.34. The molecule has 0 amide bonds. The van der Waals surface area contributed by atoms with Crippen molar-refractivity contribution >= 4 is 40.8 Å². The van der Waals surface area contributed by atoms with Gasteiger partial charge in [0.2, 0.25) is 0 Å². The van der Waals surface area contributed by atoms with Gasteiger partial charge in [0.05, 0.1) is 35.6 Å². The summed E-state index contributed by atoms with van der Waals surface area (Å²) in [6, 6.07) is 22.1. The van der Waals surface area contributed by atoms with Crippen LogP contribution in [0, 0.1) is 0 Å². The highest BCUT2D eigenvalue weighted by Gasteiger charge is 2.35. The number of nitrogens with zero attached hydrogens (tertiary/aromatic N) is 2. The second-order valence-electron chi connectivity index (χ2n) is 9.21. The molecule has 0 saturated heterocycles. The van der Waals surface area contributed by atoms with E-state index in [4.69, 9.17) is 19.2 Å². The molecule has 0 spiro atoms. The van der Waals surface area contributed by atoms with E-state index in [0.717, 1.165) is 21.6 Å². The molecule has 0 saturated carbocycles. The van der Waals surface area contributed by atoms with E-state index < -0.39 is 12.0 Å². The zero-order valence-corrected chi connectivity index (χ0v) is 25.2. The average Bonchev–Trinajstić information content (AvgIpc) is 3.34. The monoisotopic (exact) mass is 598 g/mol. The van der Waals surface area contributed by atoms with Gasteiger partial charge >= 0.3 is 5.97 Å². The molecule has 1 aliphatic heterocycles. The van der Waals surface area contributed by atoms with Crippen molar-refractivity contribution in [1.29, 1.82) is 0 Å². The van der Waals surface area contributed by atoms with Crippen LogP contribution in [0.5, 0.6) is 11.5 Å². The summed E-state index contributed by atoms with van der Waals surface area (Å²) < 4.78 is 18.8. The van der Waals surface area contributed by atoms with Crippen molar-refractivity contribution in [3.05, 3.63) is 127 Å². The zero-order valence-electron chi connectivity index (χ0n) is 23.5. The summed E-state index contributed by atoms with van der Waals surface area (Å²) in [5.74, 6) is 0.616. The van der Waals surface area contributed by atoms with E-state index in [2.05, 4.69) is 6.58 Å². The number of hydrogen-bond acceptors (Lipinski definition) is 8. The van der Waals surface area contributed by atoms with Crippen LogP contribution in [-0.4, -0.2) is 37.1 Å². The van der Waals surface area contributed by atoms with Crippen molar-refractivity contribution < 1.29 is 19.0 Å². The van der Waals surface area contributed by atoms with Gasteiger partial charge in [0.15, 0.2) is 16.3 Å². The number of carbonyl (C=O) groups excluding carboxylic acids is 1. The third-order valence-electron chi connectivity index (χ3n) is 6.65. The normalized spacial score (nSPS) is 14.6. The number of benzene rings is 3. The number of rotatable bonds is 10. The quantitative estimate of drug-likeness (QED) is 0.141. The molecule has 1 aliphatic rings. The first-order valence-electron chi connectivity index (χ1n) is 13.3. The smallest absolute Gasteiger partial charge is 0.338 e. The summed E-state index contributed by atoms with van der Waals surface area (Å²) in [6.45, 7) is 5.99. The number of fused-ring (bicyclic) bond motifs is 1. The lowest BCUT2D eigenvalue weighted by Gasteiger charge is -2.26. The van der Waals surface area contributed by atoms with Gasteiger partial charge in [-0.15, -0.1) is 11.8 Å². The number of esters is 1. The number of methoxy groups -OCH3 is 1. The fraction of sp³-hybridized carbons (Fsp3) is 0.182. The highest BCUT2D eigenvalue weighted by Crippen LogP contribution is 2.36. The van der Waals surface area contributed by atoms with E-state index in [0.29, 0.717) is 38.7 Å². The summed E-state index contributed by atoms with van der Waals surface area (Å²) in [5, 5.41) is 0. The SMILES string of the molecule is C=CCOc1ccc(/C=c2\sc3n(c2=O)[C@H](c2ccc(SC)cc2)C(C(=O)OCC)=C(c2ccccc2)N=3)cc1OC. The molecular weight excluding hydrogens is 569 g/mol. The summed E-state index contributed by atoms with van der Waals surface area (Å²) in [7, 11) is 1.57. The minimum atomic E-state index is -0.724. The molecule has 0 bridgehead atoms. The maximum atomic E-state index is 14.1. The average molecular weight is 599 g/mol. The predicted molar refractivity (Wildman–Crippen MR) is 168 cm³/mol. The molecule has 5 rings (SSSR count). The van der Waals surface area contributed by atoms with Gasteiger partial charge in [0, 0.05) is 10.5 Å². The van der Waals surface area contributed by atoms with Crippen molar-refractivity contribution in [3.63, 3.8) is 0 Å². The van der Waals surface area contributed by atoms with Gasteiger partial charge in [-0.3, -0.25) is 9.36 Å². The predicted octanol–water partition coefficient (Wildman–Crippen LogP) is 5.23. The first-order chi connectivity index (χ1) is 20.5. The van der Waals surface area contributed by atoms with Gasteiger partial charge in [0.1, 0.15) is 6.61 Å². The Morgan fingerprint density at radius 3 is 2.52 bits per heavy atom. The van der Waals surface area contributed by atoms with Gasteiger partial charge in [0.25, 0.3) is 5.56 Å². The second-order valence-corrected chi connectivity index (χ2v) is 11.1. The molecule has 0 aliphatic carbocycles. The van der Waals surface area contributed by atoms with Gasteiger partial charge in [-0.2, -0.15) is 0 Å². The van der Waals surface area contributed by atoms with Crippen molar-refractivity contribution in [2.24, 2.45) is 4.99 Å². The number of carbonyl (C=O) groups is 1. The molecule has 42 heavy (non-hydrogen) atoms. The Morgan fingerprint density at radius 1 is 1.10 bits per heavy atom. The van der Waals surface area contributed by atoms with E-state index in [-0.39, 0.29) is 12.2 Å². The highest BCUT2D eigenvalue weighted by molar-refractivity contribution is 7.98. The lowest BCUT2D eigenvalue weighted by Crippen LogP contribution is -2.40. The number of hydrogen-bond donors (Lipinski definition) is 0. The molecule has 214 valence electrons. The van der Waals surface area contributed by atoms with Crippen molar-refractivity contribution in [2.75, 3.05) is 26.6 Å². The van der Waals surface area contributed by atoms with Crippen LogP contribution in [-0.2, 0) is 9.53 Å². The Kier molecular flexibility index (Phi) is 9.09. The minimum Gasteiger partial charge on any atom is -0.493 e. The molecule has 4 aromatic rings. The van der Waals surface area contributed by atoms with E-state index in [1.807, 2.05) is 73.0 Å². The molecule has 0 radical (unpaired) electrons. The van der Waals surface area contributed by atoms with E-state index >= 15 is 0 Å². The van der Waals surface area contributed by atoms with E-state index in [1.54, 1.807) is 48.6 Å². The maximum absolute atomic E-state index is 14.1. The first kappa shape index (κ1) is 29.2. The van der Waals surface area contributed by atoms with Crippen LogP contribution < -0.4 is 24.4 Å². The third-order valence-corrected chi connectivity index (χ3v) is 8.37. The summed E-state index contributed by atoms with van der Waals surface area (Å²) >= 11 is 2.89. The van der Waals surface area contributed by atoms with Gasteiger partial charge in [-0.25, -0.2) is 9.79 Å². The van der Waals surface area contributed by atoms with E-state index in [1.165, 1.54) is 11.3 Å². The fourth-order valence-electron chi connectivity index (χ4n) is 4.74. The van der Waals surface area contributed by atoms with Crippen molar-refractivity contribution in [3.8, 4) is 11.5 Å². The van der Waals surface area contributed by atoms with Gasteiger partial charge in [-0.1, -0.05) is 72.5 Å². The zero-order chi connectivity index (χ0) is 29.6. The highest BCUT2D eigenvalue weighted by atomic mass is 32.2. The fourth-order valence-corrected chi connectivity index (χ4v) is 6.14. The van der Waals surface area contributed by atoms with Crippen LogP contribution in [0.1, 0.15) is 29.7 Å². The Morgan fingerprint density at radius 2 is 1.86 bits per heavy atom. The summed E-state index contributed by atoms with van der Waals surface area (Å²) in [5.41, 5.74) is 2.88. The molecule has 2 heterocycles. The molecular formula is C33H30N2O5S2. The van der Waals surface area contributed by atoms with Crippen LogP contribution in [0.3, 0.4) is 0 Å². The topological polar surface area (TPSA) is 79.1 Å². The standard InChI is InChI=1S/C33H30N2O5S2/c1-5-18-40-25-17-12-21(19-26(25)38-3)20-27-31(36)35-30(23-13-15-24(41-4)16-14-23)28(32(37)39-6-2)29(34-33(35)42-27)22-10-8-7-9-11-22/h5,7-17,19-20,30H,1,6,18H2,2-4H3/b27-20-/t30-/m1/s1. The number of aromatic nitrogens is 1. The van der Waals surface area contributed by atoms with Crippen LogP contribution in [0.4, 0.5) is 0 Å². The lowest BCUT2D eigenvalue weighted by atomic mass is 9.93. The molecule has 0 N–H and O–H groups in total. The van der Waals surface area contributed by atoms with Crippen molar-refractivity contribution in [2.45, 2.75) is 17.9 Å². The Balaban J connectivity index is 1.75. The maximum Gasteiger partial charge on any atom is 0.338 e. The number of thiazole rings is 1. The van der Waals surface area contributed by atoms with Crippen LogP contribution >= 0.6 is 23.1 Å². The molecule has 0 unspecified atom stereocenters. The number of thioether (sulfide) groups is 1. The van der Waals surface area contributed by atoms with Gasteiger partial charge in [-0.05, 0) is 54.6 Å². The van der Waals surface area contributed by atoms with Crippen molar-refractivity contribution in [1.82, 2.24) is 4.57 Å². The summed E-state index contributed by atoms with van der Waals surface area (Å²) in [4.78, 5) is 34.1. The summed E-state index contributed by atoms with van der Waals surface area (Å²) in [6.07, 6.45) is 5.46. The Bertz CT molecular complexity index is 1820. The molecule has 9 heteroatoms. The van der Waals surface area contributed by atoms with Crippen LogP contribution in [0.2, 0.25) is 0 Å². The number of ether oxygens (including phenoxy) is 3. The second kappa shape index (κ2) is 13.1. The first-order valence-corrected chi connectivity index (χ1v) is 15.4. The molecule has 1 atom stereocenters. The van der Waals surface area contributed by atoms with Gasteiger partial charge < -0.3 is 14.2 Å². The van der Waals surface area contributed by atoms with Crippen LogP contribution in [0.25, 0.3) is 11.8 Å².